The fraction of sp³-hybridized carbons (Fsp3) is 0.536. The van der Waals surface area contributed by atoms with Gasteiger partial charge in [-0.15, -0.1) is 0 Å². The van der Waals surface area contributed by atoms with Crippen molar-refractivity contribution in [2.75, 3.05) is 45.7 Å². The summed E-state index contributed by atoms with van der Waals surface area (Å²) in [6.07, 6.45) is 9.62. The molecule has 2 aliphatic carbocycles. The van der Waals surface area contributed by atoms with Crippen LogP contribution in [0.3, 0.4) is 0 Å². The average Bonchev–Trinajstić information content (AvgIpc) is 3.53. The number of fused-ring (bicyclic) bond motifs is 3. The number of amides is 1. The molecule has 1 amide bonds. The Morgan fingerprint density at radius 2 is 1.78 bits per heavy atom. The molecular weight excluding hydrogens is 488 g/mol. The highest BCUT2D eigenvalue weighted by molar-refractivity contribution is 7.92. The fourth-order valence-electron chi connectivity index (χ4n) is 6.45. The van der Waals surface area contributed by atoms with Crippen molar-refractivity contribution < 1.29 is 18.3 Å². The van der Waals surface area contributed by atoms with Gasteiger partial charge in [0.15, 0.2) is 0 Å². The highest BCUT2D eigenvalue weighted by atomic mass is 32.2. The van der Waals surface area contributed by atoms with E-state index in [2.05, 4.69) is 32.4 Å². The molecule has 3 fully saturated rings. The van der Waals surface area contributed by atoms with Gasteiger partial charge >= 0.3 is 0 Å². The first-order chi connectivity index (χ1) is 17.8. The average molecular weight is 525 g/mol. The second kappa shape index (κ2) is 9.51. The van der Waals surface area contributed by atoms with E-state index in [9.17, 15) is 13.2 Å². The van der Waals surface area contributed by atoms with Gasteiger partial charge < -0.3 is 20.6 Å². The molecule has 2 aliphatic heterocycles. The van der Waals surface area contributed by atoms with Crippen molar-refractivity contribution in [3.05, 3.63) is 47.5 Å². The van der Waals surface area contributed by atoms with Gasteiger partial charge in [0.2, 0.25) is 10.0 Å². The topological polar surface area (TPSA) is 111 Å². The van der Waals surface area contributed by atoms with Crippen LogP contribution in [0.25, 0.3) is 0 Å². The van der Waals surface area contributed by atoms with Crippen LogP contribution < -0.4 is 20.3 Å². The van der Waals surface area contributed by atoms with Gasteiger partial charge in [-0.25, -0.2) is 8.42 Å². The van der Waals surface area contributed by atoms with Crippen LogP contribution in [-0.4, -0.2) is 50.9 Å². The molecule has 2 aromatic rings. The third-order valence-corrected chi connectivity index (χ3v) is 10.1. The normalized spacial score (nSPS) is 23.6. The van der Waals surface area contributed by atoms with Crippen LogP contribution in [0.15, 0.2) is 36.4 Å². The summed E-state index contributed by atoms with van der Waals surface area (Å²) < 4.78 is 27.1. The Morgan fingerprint density at radius 1 is 1.03 bits per heavy atom. The Hall–Kier alpha value is -2.78. The molecule has 0 radical (unpaired) electrons. The Kier molecular flexibility index (Phi) is 6.31. The van der Waals surface area contributed by atoms with Gasteiger partial charge in [0, 0.05) is 36.4 Å². The number of nitrogens with zero attached hydrogens (tertiary/aromatic N) is 1. The highest BCUT2D eigenvalue weighted by Crippen LogP contribution is 2.54. The van der Waals surface area contributed by atoms with Crippen LogP contribution in [0.4, 0.5) is 22.7 Å². The van der Waals surface area contributed by atoms with Gasteiger partial charge in [-0.05, 0) is 85.9 Å². The number of anilines is 4. The number of aliphatic hydroxyl groups is 1. The first-order valence-corrected chi connectivity index (χ1v) is 15.2. The Morgan fingerprint density at radius 3 is 2.54 bits per heavy atom. The van der Waals surface area contributed by atoms with Crippen molar-refractivity contribution >= 4 is 38.7 Å². The van der Waals surface area contributed by atoms with Gasteiger partial charge in [-0.3, -0.25) is 9.52 Å². The van der Waals surface area contributed by atoms with Crippen molar-refractivity contribution in [2.45, 2.75) is 63.3 Å². The van der Waals surface area contributed by atoms with Gasteiger partial charge in [0.1, 0.15) is 0 Å². The van der Waals surface area contributed by atoms with E-state index in [0.717, 1.165) is 37.3 Å². The molecule has 4 N–H and O–H groups in total. The number of benzene rings is 2. The second-order valence-electron chi connectivity index (χ2n) is 11.3. The number of carbonyl (C=O) groups excluding carboxylic acids is 1. The monoisotopic (exact) mass is 524 g/mol. The molecule has 6 rings (SSSR count). The van der Waals surface area contributed by atoms with Gasteiger partial charge in [0.25, 0.3) is 5.91 Å². The molecule has 2 atom stereocenters. The molecule has 0 aromatic heterocycles. The van der Waals surface area contributed by atoms with Crippen LogP contribution >= 0.6 is 0 Å². The molecule has 198 valence electrons. The van der Waals surface area contributed by atoms with Crippen molar-refractivity contribution in [3.8, 4) is 0 Å². The van der Waals surface area contributed by atoms with Gasteiger partial charge in [-0.2, -0.15) is 0 Å². The first kappa shape index (κ1) is 24.6. The lowest BCUT2D eigenvalue weighted by Crippen LogP contribution is -2.35. The number of piperidine rings is 1. The molecule has 0 bridgehead atoms. The number of carbonyl (C=O) groups is 1. The molecule has 4 aliphatic rings. The quantitative estimate of drug-likeness (QED) is 0.424. The van der Waals surface area contributed by atoms with E-state index in [4.69, 9.17) is 5.11 Å². The lowest BCUT2D eigenvalue weighted by Gasteiger charge is -2.35. The second-order valence-corrected chi connectivity index (χ2v) is 13.1. The summed E-state index contributed by atoms with van der Waals surface area (Å²) in [6, 6.07) is 11.7. The molecule has 9 heteroatoms. The molecule has 1 spiro atoms. The summed E-state index contributed by atoms with van der Waals surface area (Å²) in [5, 5.41) is 15.9. The SMILES string of the molecule is O=C(Nc1ccc2c(c1)C1CCCCC1N2)c1ccc(NS(=O)(=O)CCO)cc1N1CCC2(CC1)CC2. The van der Waals surface area contributed by atoms with E-state index in [0.29, 0.717) is 28.6 Å². The summed E-state index contributed by atoms with van der Waals surface area (Å²) in [4.78, 5) is 15.8. The van der Waals surface area contributed by atoms with E-state index in [1.807, 2.05) is 6.07 Å². The number of hydrogen-bond acceptors (Lipinski definition) is 6. The number of rotatable bonds is 7. The maximum absolute atomic E-state index is 13.6. The fourth-order valence-corrected chi connectivity index (χ4v) is 7.28. The van der Waals surface area contributed by atoms with Crippen LogP contribution in [0.2, 0.25) is 0 Å². The molecule has 2 aromatic carbocycles. The largest absolute Gasteiger partial charge is 0.395 e. The standard InChI is InChI=1S/C28H36N4O4S/c33-15-16-37(35,36)31-20-5-7-22(26(18-20)32-13-11-28(9-10-28)12-14-32)27(34)29-19-6-8-25-23(17-19)21-3-1-2-4-24(21)30-25/h5-8,17-18,21,24,30-31,33H,1-4,9-16H2,(H,29,34). The molecule has 2 heterocycles. The van der Waals surface area contributed by atoms with E-state index in [1.54, 1.807) is 18.2 Å². The summed E-state index contributed by atoms with van der Waals surface area (Å²) in [7, 11) is -3.66. The lowest BCUT2D eigenvalue weighted by molar-refractivity contribution is 0.102. The zero-order valence-corrected chi connectivity index (χ0v) is 21.9. The molecule has 1 saturated heterocycles. The zero-order chi connectivity index (χ0) is 25.6. The number of sulfonamides is 1. The molecule has 37 heavy (non-hydrogen) atoms. The first-order valence-electron chi connectivity index (χ1n) is 13.6. The molecule has 2 saturated carbocycles. The number of aliphatic hydroxyl groups excluding tert-OH is 1. The highest BCUT2D eigenvalue weighted by Gasteiger charge is 2.44. The minimum absolute atomic E-state index is 0.197. The molecular formula is C28H36N4O4S. The number of hydrogen-bond donors (Lipinski definition) is 4. The molecule has 2 unspecified atom stereocenters. The van der Waals surface area contributed by atoms with E-state index >= 15 is 0 Å². The minimum atomic E-state index is -3.66. The van der Waals surface area contributed by atoms with Crippen molar-refractivity contribution in [2.24, 2.45) is 5.41 Å². The van der Waals surface area contributed by atoms with Crippen molar-refractivity contribution in [1.82, 2.24) is 0 Å². The van der Waals surface area contributed by atoms with Gasteiger partial charge in [0.05, 0.1) is 29.3 Å². The lowest BCUT2D eigenvalue weighted by atomic mass is 9.82. The summed E-state index contributed by atoms with van der Waals surface area (Å²) in [5.74, 6) is -0.0608. The minimum Gasteiger partial charge on any atom is -0.395 e. The Labute approximate surface area is 218 Å². The predicted molar refractivity (Wildman–Crippen MR) is 147 cm³/mol. The Bertz CT molecular complexity index is 1300. The third kappa shape index (κ3) is 5.03. The van der Waals surface area contributed by atoms with E-state index < -0.39 is 16.6 Å². The summed E-state index contributed by atoms with van der Waals surface area (Å²) in [6.45, 7) is 1.25. The van der Waals surface area contributed by atoms with Crippen LogP contribution in [0.1, 0.15) is 73.2 Å². The summed E-state index contributed by atoms with van der Waals surface area (Å²) in [5.41, 5.74) is 5.41. The van der Waals surface area contributed by atoms with Crippen LogP contribution in [0.5, 0.6) is 0 Å². The van der Waals surface area contributed by atoms with Crippen molar-refractivity contribution in [1.29, 1.82) is 0 Å². The predicted octanol–water partition coefficient (Wildman–Crippen LogP) is 4.51. The van der Waals surface area contributed by atoms with Crippen LogP contribution in [-0.2, 0) is 10.0 Å². The van der Waals surface area contributed by atoms with E-state index in [1.165, 1.54) is 49.8 Å². The van der Waals surface area contributed by atoms with Crippen LogP contribution in [0, 0.1) is 5.41 Å². The third-order valence-electron chi connectivity index (χ3n) is 8.81. The smallest absolute Gasteiger partial charge is 0.257 e. The van der Waals surface area contributed by atoms with Crippen molar-refractivity contribution in [3.63, 3.8) is 0 Å². The molecule has 8 nitrogen and oxygen atoms in total. The number of nitrogens with one attached hydrogen (secondary N) is 3. The Balaban J connectivity index is 1.26. The maximum atomic E-state index is 13.6. The van der Waals surface area contributed by atoms with Gasteiger partial charge in [-0.1, -0.05) is 12.8 Å². The summed E-state index contributed by atoms with van der Waals surface area (Å²) >= 11 is 0. The maximum Gasteiger partial charge on any atom is 0.257 e. The van der Waals surface area contributed by atoms with E-state index in [-0.39, 0.29) is 11.7 Å². The zero-order valence-electron chi connectivity index (χ0n) is 21.1.